The van der Waals surface area contributed by atoms with Gasteiger partial charge in [-0.15, -0.1) is 0 Å². The molecule has 9 heteroatoms. The van der Waals surface area contributed by atoms with E-state index in [2.05, 4.69) is 10.6 Å². The summed E-state index contributed by atoms with van der Waals surface area (Å²) in [5.41, 5.74) is 1.49. The Morgan fingerprint density at radius 2 is 0.969 bits per heavy atom. The molecule has 0 atom stereocenters. The largest absolute Gasteiger partial charge is 0.462 e. The summed E-state index contributed by atoms with van der Waals surface area (Å²) in [6.45, 7) is 3.91. The van der Waals surface area contributed by atoms with Crippen molar-refractivity contribution < 1.29 is 33.4 Å². The normalized spacial score (nSPS) is 10.1. The smallest absolute Gasteiger partial charge is 0.338 e. The van der Waals surface area contributed by atoms with E-state index in [1.807, 2.05) is 0 Å². The molecule has 0 fully saturated rings. The standard InChI is InChI=1S/C23H24N2O7/c1-3-31-22(29)15-5-9-17(10-6-15)24-20(27)13-19(26)14-21(28)25-18-11-7-16(8-12-18)23(30)32-4-2/h5-12H,3-4,13-14H2,1-2H3,(H,24,27)(H,25,28). The summed E-state index contributed by atoms with van der Waals surface area (Å²) >= 11 is 0. The Hall–Kier alpha value is -4.01. The number of amides is 2. The minimum Gasteiger partial charge on any atom is -0.462 e. The lowest BCUT2D eigenvalue weighted by Crippen LogP contribution is -2.21. The maximum absolute atomic E-state index is 12.0. The monoisotopic (exact) mass is 440 g/mol. The van der Waals surface area contributed by atoms with Gasteiger partial charge in [0.05, 0.1) is 37.2 Å². The molecule has 2 aromatic carbocycles. The van der Waals surface area contributed by atoms with Crippen LogP contribution in [0.15, 0.2) is 48.5 Å². The molecule has 0 saturated carbocycles. The number of ether oxygens (including phenoxy) is 2. The number of carbonyl (C=O) groups is 5. The van der Waals surface area contributed by atoms with Crippen molar-refractivity contribution in [2.45, 2.75) is 26.7 Å². The number of Topliss-reactive ketones (excluding diaryl/α,β-unsaturated/α-hetero) is 1. The van der Waals surface area contributed by atoms with Crippen LogP contribution in [0.3, 0.4) is 0 Å². The zero-order valence-corrected chi connectivity index (χ0v) is 17.8. The van der Waals surface area contributed by atoms with Crippen molar-refractivity contribution in [3.05, 3.63) is 59.7 Å². The maximum Gasteiger partial charge on any atom is 0.338 e. The third kappa shape index (κ3) is 7.67. The highest BCUT2D eigenvalue weighted by Gasteiger charge is 2.15. The molecule has 0 aromatic heterocycles. The summed E-state index contributed by atoms with van der Waals surface area (Å²) < 4.78 is 9.76. The maximum atomic E-state index is 12.0. The molecule has 0 aliphatic heterocycles. The second-order valence-corrected chi connectivity index (χ2v) is 6.58. The number of benzene rings is 2. The Kier molecular flexibility index (Phi) is 9.09. The van der Waals surface area contributed by atoms with Gasteiger partial charge in [-0.25, -0.2) is 9.59 Å². The van der Waals surface area contributed by atoms with Crippen molar-refractivity contribution >= 4 is 40.9 Å². The van der Waals surface area contributed by atoms with Gasteiger partial charge in [0.2, 0.25) is 11.8 Å². The highest BCUT2D eigenvalue weighted by molar-refractivity contribution is 6.12. The third-order valence-electron chi connectivity index (χ3n) is 4.08. The van der Waals surface area contributed by atoms with Crippen LogP contribution in [0.4, 0.5) is 11.4 Å². The Labute approximate surface area is 185 Å². The molecule has 0 radical (unpaired) electrons. The molecule has 2 aromatic rings. The summed E-state index contributed by atoms with van der Waals surface area (Å²) in [5.74, 6) is -2.66. The van der Waals surface area contributed by atoms with Crippen LogP contribution >= 0.6 is 0 Å². The number of hydrogen-bond donors (Lipinski definition) is 2. The van der Waals surface area contributed by atoms with Crippen molar-refractivity contribution in [1.29, 1.82) is 0 Å². The third-order valence-corrected chi connectivity index (χ3v) is 4.08. The Balaban J connectivity index is 1.80. The van der Waals surface area contributed by atoms with E-state index in [0.29, 0.717) is 22.5 Å². The first kappa shape index (κ1) is 24.3. The molecule has 0 bridgehead atoms. The van der Waals surface area contributed by atoms with Crippen LogP contribution in [-0.4, -0.2) is 42.7 Å². The molecule has 9 nitrogen and oxygen atoms in total. The van der Waals surface area contributed by atoms with Gasteiger partial charge in [-0.05, 0) is 62.4 Å². The topological polar surface area (TPSA) is 128 Å². The summed E-state index contributed by atoms with van der Waals surface area (Å²) in [4.78, 5) is 59.3. The van der Waals surface area contributed by atoms with Crippen LogP contribution in [0, 0.1) is 0 Å². The van der Waals surface area contributed by atoms with Gasteiger partial charge >= 0.3 is 11.9 Å². The summed E-state index contributed by atoms with van der Waals surface area (Å²) in [5, 5.41) is 5.07. The molecular formula is C23H24N2O7. The van der Waals surface area contributed by atoms with Gasteiger partial charge in [0.25, 0.3) is 0 Å². The fourth-order valence-electron chi connectivity index (χ4n) is 2.64. The molecule has 0 saturated heterocycles. The van der Waals surface area contributed by atoms with E-state index in [-0.39, 0.29) is 13.2 Å². The van der Waals surface area contributed by atoms with Crippen LogP contribution < -0.4 is 10.6 Å². The molecule has 0 aliphatic rings. The highest BCUT2D eigenvalue weighted by atomic mass is 16.5. The predicted octanol–water partition coefficient (Wildman–Crippen LogP) is 2.97. The van der Waals surface area contributed by atoms with Crippen LogP contribution in [0.5, 0.6) is 0 Å². The Bertz CT molecular complexity index is 903. The molecule has 2 N–H and O–H groups in total. The number of ketones is 1. The van der Waals surface area contributed by atoms with Crippen molar-refractivity contribution in [3.8, 4) is 0 Å². The van der Waals surface area contributed by atoms with Crippen molar-refractivity contribution in [1.82, 2.24) is 0 Å². The first-order chi connectivity index (χ1) is 15.3. The fourth-order valence-corrected chi connectivity index (χ4v) is 2.64. The first-order valence-corrected chi connectivity index (χ1v) is 9.98. The molecule has 2 amide bonds. The van der Waals surface area contributed by atoms with Crippen molar-refractivity contribution in [2.24, 2.45) is 0 Å². The Morgan fingerprint density at radius 1 is 0.625 bits per heavy atom. The predicted molar refractivity (Wildman–Crippen MR) is 116 cm³/mol. The molecular weight excluding hydrogens is 416 g/mol. The minimum absolute atomic E-state index is 0.256. The van der Waals surface area contributed by atoms with Gasteiger partial charge in [-0.3, -0.25) is 14.4 Å². The fraction of sp³-hybridized carbons (Fsp3) is 0.261. The van der Waals surface area contributed by atoms with Crippen LogP contribution in [0.1, 0.15) is 47.4 Å². The van der Waals surface area contributed by atoms with Gasteiger partial charge in [0, 0.05) is 11.4 Å². The van der Waals surface area contributed by atoms with E-state index in [4.69, 9.17) is 9.47 Å². The average molecular weight is 440 g/mol. The molecule has 0 unspecified atom stereocenters. The van der Waals surface area contributed by atoms with Crippen LogP contribution in [-0.2, 0) is 23.9 Å². The molecule has 0 spiro atoms. The van der Waals surface area contributed by atoms with Crippen LogP contribution in [0.25, 0.3) is 0 Å². The van der Waals surface area contributed by atoms with E-state index >= 15 is 0 Å². The molecule has 168 valence electrons. The first-order valence-electron chi connectivity index (χ1n) is 9.98. The van der Waals surface area contributed by atoms with Gasteiger partial charge in [0.1, 0.15) is 0 Å². The lowest BCUT2D eigenvalue weighted by molar-refractivity contribution is -0.128. The van der Waals surface area contributed by atoms with Crippen molar-refractivity contribution in [2.75, 3.05) is 23.8 Å². The second kappa shape index (κ2) is 12.0. The van der Waals surface area contributed by atoms with Gasteiger partial charge in [0.15, 0.2) is 5.78 Å². The minimum atomic E-state index is -0.578. The molecule has 0 aliphatic carbocycles. The lowest BCUT2D eigenvalue weighted by atomic mass is 10.1. The SMILES string of the molecule is CCOC(=O)c1ccc(NC(=O)CC(=O)CC(=O)Nc2ccc(C(=O)OCC)cc2)cc1. The number of esters is 2. The molecule has 32 heavy (non-hydrogen) atoms. The van der Waals surface area contributed by atoms with Crippen LogP contribution in [0.2, 0.25) is 0 Å². The van der Waals surface area contributed by atoms with Gasteiger partial charge < -0.3 is 20.1 Å². The van der Waals surface area contributed by atoms with Gasteiger partial charge in [-0.2, -0.15) is 0 Å². The zero-order chi connectivity index (χ0) is 23.5. The lowest BCUT2D eigenvalue weighted by Gasteiger charge is -2.07. The highest BCUT2D eigenvalue weighted by Crippen LogP contribution is 2.13. The summed E-state index contributed by atoms with van der Waals surface area (Å²) in [6, 6.07) is 12.0. The van der Waals surface area contributed by atoms with E-state index in [9.17, 15) is 24.0 Å². The quantitative estimate of drug-likeness (QED) is 0.429. The molecule has 2 rings (SSSR count). The molecule has 0 heterocycles. The number of hydrogen-bond acceptors (Lipinski definition) is 7. The van der Waals surface area contributed by atoms with E-state index < -0.39 is 42.4 Å². The summed E-state index contributed by atoms with van der Waals surface area (Å²) in [7, 11) is 0. The van der Waals surface area contributed by atoms with Gasteiger partial charge in [-0.1, -0.05) is 0 Å². The van der Waals surface area contributed by atoms with Crippen molar-refractivity contribution in [3.63, 3.8) is 0 Å². The number of anilines is 2. The summed E-state index contributed by atoms with van der Waals surface area (Å²) in [6.07, 6.45) is -0.955. The van der Waals surface area contributed by atoms with E-state index in [1.165, 1.54) is 48.5 Å². The second-order valence-electron chi connectivity index (χ2n) is 6.58. The zero-order valence-electron chi connectivity index (χ0n) is 17.8. The average Bonchev–Trinajstić information content (AvgIpc) is 2.74. The van der Waals surface area contributed by atoms with E-state index in [1.54, 1.807) is 13.8 Å². The Morgan fingerprint density at radius 3 is 1.28 bits per heavy atom. The van der Waals surface area contributed by atoms with E-state index in [0.717, 1.165) is 0 Å². The number of carbonyl (C=O) groups excluding carboxylic acids is 5. The number of rotatable bonds is 10. The number of nitrogens with one attached hydrogen (secondary N) is 2.